The Kier molecular flexibility index (Phi) is 6.76. The SMILES string of the molecule is CC1CCC(C(N)=O)CN1C(=O)CCC1CCNC1.Cl. The minimum Gasteiger partial charge on any atom is -0.369 e. The number of nitrogens with two attached hydrogens (primary N) is 1. The summed E-state index contributed by atoms with van der Waals surface area (Å²) in [6.45, 7) is 4.68. The van der Waals surface area contributed by atoms with Crippen molar-refractivity contribution in [1.29, 1.82) is 0 Å². The van der Waals surface area contributed by atoms with E-state index in [1.54, 1.807) is 0 Å². The van der Waals surface area contributed by atoms with Crippen LogP contribution in [0.5, 0.6) is 0 Å². The molecule has 5 nitrogen and oxygen atoms in total. The molecule has 2 aliphatic heterocycles. The number of nitrogens with zero attached hydrogens (tertiary/aromatic N) is 1. The summed E-state index contributed by atoms with van der Waals surface area (Å²) < 4.78 is 0. The fourth-order valence-electron chi connectivity index (χ4n) is 3.12. The van der Waals surface area contributed by atoms with Crippen molar-refractivity contribution in [3.05, 3.63) is 0 Å². The molecule has 2 heterocycles. The normalized spacial score (nSPS) is 29.9. The molecule has 0 aliphatic carbocycles. The minimum absolute atomic E-state index is 0. The Hall–Kier alpha value is -0.810. The number of hydrogen-bond acceptors (Lipinski definition) is 3. The zero-order valence-corrected chi connectivity index (χ0v) is 13.0. The van der Waals surface area contributed by atoms with Crippen LogP contribution in [-0.4, -0.2) is 42.4 Å². The molecule has 0 bridgehead atoms. The van der Waals surface area contributed by atoms with Crippen LogP contribution in [0.3, 0.4) is 0 Å². The lowest BCUT2D eigenvalue weighted by Gasteiger charge is -2.37. The molecule has 0 radical (unpaired) electrons. The summed E-state index contributed by atoms with van der Waals surface area (Å²) in [6, 6.07) is 0.241. The Balaban J connectivity index is 0.00000200. The van der Waals surface area contributed by atoms with Crippen molar-refractivity contribution in [2.24, 2.45) is 17.6 Å². The lowest BCUT2D eigenvalue weighted by Crippen LogP contribution is -2.48. The summed E-state index contributed by atoms with van der Waals surface area (Å²) in [5.74, 6) is 0.388. The van der Waals surface area contributed by atoms with Crippen LogP contribution in [0.4, 0.5) is 0 Å². The molecule has 2 saturated heterocycles. The van der Waals surface area contributed by atoms with Gasteiger partial charge in [0, 0.05) is 19.0 Å². The first kappa shape index (κ1) is 17.2. The molecule has 3 atom stereocenters. The first-order valence-corrected chi connectivity index (χ1v) is 7.37. The molecule has 0 saturated carbocycles. The van der Waals surface area contributed by atoms with Crippen molar-refractivity contribution >= 4 is 24.2 Å². The number of carbonyl (C=O) groups excluding carboxylic acids is 2. The smallest absolute Gasteiger partial charge is 0.222 e. The third-order valence-corrected chi connectivity index (χ3v) is 4.53. The summed E-state index contributed by atoms with van der Waals surface area (Å²) in [5, 5.41) is 3.32. The maximum absolute atomic E-state index is 12.3. The molecule has 0 spiro atoms. The predicted octanol–water partition coefficient (Wildman–Crippen LogP) is 0.910. The molecule has 0 aromatic heterocycles. The van der Waals surface area contributed by atoms with Gasteiger partial charge in [0.25, 0.3) is 0 Å². The van der Waals surface area contributed by atoms with E-state index < -0.39 is 0 Å². The van der Waals surface area contributed by atoms with Crippen molar-refractivity contribution in [3.63, 3.8) is 0 Å². The van der Waals surface area contributed by atoms with Gasteiger partial charge in [-0.1, -0.05) is 0 Å². The van der Waals surface area contributed by atoms with Crippen LogP contribution < -0.4 is 11.1 Å². The Morgan fingerprint density at radius 2 is 2.05 bits per heavy atom. The Labute approximate surface area is 127 Å². The third kappa shape index (κ3) is 4.35. The number of piperidine rings is 1. The van der Waals surface area contributed by atoms with Crippen LogP contribution >= 0.6 is 12.4 Å². The van der Waals surface area contributed by atoms with Crippen molar-refractivity contribution in [2.45, 2.75) is 45.1 Å². The maximum Gasteiger partial charge on any atom is 0.222 e. The van der Waals surface area contributed by atoms with Gasteiger partial charge in [-0.05, 0) is 51.6 Å². The van der Waals surface area contributed by atoms with E-state index in [2.05, 4.69) is 12.2 Å². The lowest BCUT2D eigenvalue weighted by molar-refractivity contribution is -0.137. The minimum atomic E-state index is -0.273. The van der Waals surface area contributed by atoms with E-state index in [-0.39, 0.29) is 36.2 Å². The highest BCUT2D eigenvalue weighted by Crippen LogP contribution is 2.23. The van der Waals surface area contributed by atoms with E-state index in [0.29, 0.717) is 18.9 Å². The van der Waals surface area contributed by atoms with Crippen LogP contribution in [0.25, 0.3) is 0 Å². The summed E-state index contributed by atoms with van der Waals surface area (Å²) in [6.07, 6.45) is 4.42. The molecule has 2 rings (SSSR count). The number of rotatable bonds is 4. The molecule has 0 aromatic rings. The molecule has 6 heteroatoms. The van der Waals surface area contributed by atoms with E-state index >= 15 is 0 Å². The van der Waals surface area contributed by atoms with Crippen molar-refractivity contribution in [1.82, 2.24) is 10.2 Å². The molecule has 3 unspecified atom stereocenters. The third-order valence-electron chi connectivity index (χ3n) is 4.53. The number of primary amides is 1. The summed E-state index contributed by atoms with van der Waals surface area (Å²) in [4.78, 5) is 25.4. The van der Waals surface area contributed by atoms with Gasteiger partial charge in [-0.3, -0.25) is 9.59 Å². The summed E-state index contributed by atoms with van der Waals surface area (Å²) >= 11 is 0. The van der Waals surface area contributed by atoms with Gasteiger partial charge in [0.1, 0.15) is 0 Å². The second-order valence-corrected chi connectivity index (χ2v) is 5.97. The standard InChI is InChI=1S/C14H25N3O2.ClH/c1-10-2-4-12(14(15)19)9-17(10)13(18)5-3-11-6-7-16-8-11;/h10-12,16H,2-9H2,1H3,(H2,15,19);1H. The first-order chi connectivity index (χ1) is 9.08. The van der Waals surface area contributed by atoms with Gasteiger partial charge < -0.3 is 16.0 Å². The van der Waals surface area contributed by atoms with Gasteiger partial charge in [0.15, 0.2) is 0 Å². The van der Waals surface area contributed by atoms with Gasteiger partial charge >= 0.3 is 0 Å². The number of hydrogen-bond donors (Lipinski definition) is 2. The van der Waals surface area contributed by atoms with E-state index in [9.17, 15) is 9.59 Å². The molecule has 20 heavy (non-hydrogen) atoms. The van der Waals surface area contributed by atoms with Gasteiger partial charge in [-0.2, -0.15) is 0 Å². The quantitative estimate of drug-likeness (QED) is 0.810. The van der Waals surface area contributed by atoms with Crippen molar-refractivity contribution in [3.8, 4) is 0 Å². The fourth-order valence-corrected chi connectivity index (χ4v) is 3.12. The molecule has 3 N–H and O–H groups in total. The average Bonchev–Trinajstić information content (AvgIpc) is 2.89. The van der Waals surface area contributed by atoms with Gasteiger partial charge in [0.05, 0.1) is 5.92 Å². The highest BCUT2D eigenvalue weighted by Gasteiger charge is 2.31. The van der Waals surface area contributed by atoms with E-state index in [4.69, 9.17) is 5.73 Å². The molecule has 116 valence electrons. The van der Waals surface area contributed by atoms with Gasteiger partial charge in [-0.25, -0.2) is 0 Å². The Morgan fingerprint density at radius 1 is 1.30 bits per heavy atom. The molecule has 2 amide bonds. The maximum atomic E-state index is 12.3. The number of likely N-dealkylation sites (tertiary alicyclic amines) is 1. The van der Waals surface area contributed by atoms with Crippen LogP contribution in [0, 0.1) is 11.8 Å². The van der Waals surface area contributed by atoms with E-state index in [1.165, 1.54) is 6.42 Å². The average molecular weight is 304 g/mol. The number of nitrogens with one attached hydrogen (secondary N) is 1. The van der Waals surface area contributed by atoms with E-state index in [1.807, 2.05) is 4.90 Å². The van der Waals surface area contributed by atoms with Crippen LogP contribution in [0.15, 0.2) is 0 Å². The zero-order valence-electron chi connectivity index (χ0n) is 12.1. The van der Waals surface area contributed by atoms with E-state index in [0.717, 1.165) is 32.4 Å². The monoisotopic (exact) mass is 303 g/mol. The van der Waals surface area contributed by atoms with Crippen LogP contribution in [0.1, 0.15) is 39.0 Å². The highest BCUT2D eigenvalue weighted by atomic mass is 35.5. The van der Waals surface area contributed by atoms with Crippen LogP contribution in [-0.2, 0) is 9.59 Å². The van der Waals surface area contributed by atoms with Gasteiger partial charge in [0.2, 0.25) is 11.8 Å². The fraction of sp³-hybridized carbons (Fsp3) is 0.857. The Bertz CT molecular complexity index is 345. The number of halogens is 1. The zero-order chi connectivity index (χ0) is 13.8. The molecular weight excluding hydrogens is 278 g/mol. The second kappa shape index (κ2) is 7.84. The Morgan fingerprint density at radius 3 is 2.65 bits per heavy atom. The van der Waals surface area contributed by atoms with Crippen molar-refractivity contribution in [2.75, 3.05) is 19.6 Å². The summed E-state index contributed by atoms with van der Waals surface area (Å²) in [5.41, 5.74) is 5.36. The second-order valence-electron chi connectivity index (χ2n) is 5.97. The summed E-state index contributed by atoms with van der Waals surface area (Å²) in [7, 11) is 0. The lowest BCUT2D eigenvalue weighted by atomic mass is 9.92. The molecular formula is C14H26ClN3O2. The first-order valence-electron chi connectivity index (χ1n) is 7.37. The number of carbonyl (C=O) groups is 2. The van der Waals surface area contributed by atoms with Crippen molar-refractivity contribution < 1.29 is 9.59 Å². The largest absolute Gasteiger partial charge is 0.369 e. The molecule has 0 aromatic carbocycles. The molecule has 2 aliphatic rings. The molecule has 2 fully saturated rings. The van der Waals surface area contributed by atoms with Crippen LogP contribution in [0.2, 0.25) is 0 Å². The van der Waals surface area contributed by atoms with Gasteiger partial charge in [-0.15, -0.1) is 12.4 Å². The number of amides is 2. The predicted molar refractivity (Wildman–Crippen MR) is 80.6 cm³/mol. The highest BCUT2D eigenvalue weighted by molar-refractivity contribution is 5.85. The topological polar surface area (TPSA) is 75.4 Å².